The molecule has 0 spiro atoms. The van der Waals surface area contributed by atoms with Crippen LogP contribution in [0.3, 0.4) is 0 Å². The van der Waals surface area contributed by atoms with Gasteiger partial charge in [0.15, 0.2) is 0 Å². The molecule has 2 aromatic rings. The standard InChI is InChI=1S/C17H19ClN2/c18-16-8-6-13(7-9-16)11-19-12-15-4-1-3-14-5-2-10-20-17(14)15/h1,3-4,6-9,19-20H,2,5,10-12H2. The van der Waals surface area contributed by atoms with Gasteiger partial charge in [-0.2, -0.15) is 0 Å². The van der Waals surface area contributed by atoms with Crippen molar-refractivity contribution in [2.75, 3.05) is 11.9 Å². The average Bonchev–Trinajstić information content (AvgIpc) is 2.49. The lowest BCUT2D eigenvalue weighted by Gasteiger charge is -2.21. The van der Waals surface area contributed by atoms with Gasteiger partial charge in [-0.15, -0.1) is 0 Å². The summed E-state index contributed by atoms with van der Waals surface area (Å²) in [6.45, 7) is 2.83. The summed E-state index contributed by atoms with van der Waals surface area (Å²) in [4.78, 5) is 0. The smallest absolute Gasteiger partial charge is 0.0418 e. The minimum Gasteiger partial charge on any atom is -0.385 e. The fourth-order valence-electron chi connectivity index (χ4n) is 2.67. The van der Waals surface area contributed by atoms with Crippen molar-refractivity contribution in [2.45, 2.75) is 25.9 Å². The van der Waals surface area contributed by atoms with Crippen LogP contribution in [0, 0.1) is 0 Å². The highest BCUT2D eigenvalue weighted by molar-refractivity contribution is 6.30. The minimum absolute atomic E-state index is 0.787. The molecule has 0 saturated heterocycles. The van der Waals surface area contributed by atoms with Crippen molar-refractivity contribution in [3.05, 3.63) is 64.2 Å². The van der Waals surface area contributed by atoms with Crippen LogP contribution >= 0.6 is 11.6 Å². The van der Waals surface area contributed by atoms with E-state index in [2.05, 4.69) is 41.0 Å². The maximum atomic E-state index is 5.89. The lowest BCUT2D eigenvalue weighted by molar-refractivity contribution is 0.690. The van der Waals surface area contributed by atoms with Gasteiger partial charge in [0.2, 0.25) is 0 Å². The Balaban J connectivity index is 1.62. The van der Waals surface area contributed by atoms with Crippen LogP contribution in [0.2, 0.25) is 5.02 Å². The van der Waals surface area contributed by atoms with Gasteiger partial charge in [0, 0.05) is 30.3 Å². The third-order valence-electron chi connectivity index (χ3n) is 3.72. The SMILES string of the molecule is Clc1ccc(CNCc2cccc3c2NCCC3)cc1. The van der Waals surface area contributed by atoms with E-state index in [1.54, 1.807) is 0 Å². The molecule has 104 valence electrons. The third kappa shape index (κ3) is 3.14. The molecule has 1 aliphatic heterocycles. The van der Waals surface area contributed by atoms with Gasteiger partial charge >= 0.3 is 0 Å². The van der Waals surface area contributed by atoms with Crippen molar-refractivity contribution in [1.82, 2.24) is 5.32 Å². The first-order valence-corrected chi connectivity index (χ1v) is 7.50. The van der Waals surface area contributed by atoms with Crippen LogP contribution in [-0.2, 0) is 19.5 Å². The van der Waals surface area contributed by atoms with Crippen LogP contribution < -0.4 is 10.6 Å². The van der Waals surface area contributed by atoms with E-state index in [0.717, 1.165) is 24.7 Å². The largest absolute Gasteiger partial charge is 0.385 e. The molecule has 0 atom stereocenters. The van der Waals surface area contributed by atoms with E-state index in [0.29, 0.717) is 0 Å². The van der Waals surface area contributed by atoms with Crippen molar-refractivity contribution in [3.63, 3.8) is 0 Å². The number of nitrogens with one attached hydrogen (secondary N) is 2. The Hall–Kier alpha value is -1.51. The second-order valence-electron chi connectivity index (χ2n) is 5.21. The molecule has 0 saturated carbocycles. The zero-order valence-electron chi connectivity index (χ0n) is 11.5. The molecular weight excluding hydrogens is 268 g/mol. The van der Waals surface area contributed by atoms with Crippen molar-refractivity contribution in [2.24, 2.45) is 0 Å². The molecule has 2 aromatic carbocycles. The van der Waals surface area contributed by atoms with Gasteiger partial charge in [0.1, 0.15) is 0 Å². The van der Waals surface area contributed by atoms with Crippen LogP contribution in [0.15, 0.2) is 42.5 Å². The van der Waals surface area contributed by atoms with E-state index in [1.807, 2.05) is 12.1 Å². The highest BCUT2D eigenvalue weighted by atomic mass is 35.5. The van der Waals surface area contributed by atoms with Gasteiger partial charge in [-0.25, -0.2) is 0 Å². The summed E-state index contributed by atoms with van der Waals surface area (Å²) in [5.74, 6) is 0. The number of halogens is 1. The molecule has 1 heterocycles. The molecule has 3 rings (SSSR count). The second-order valence-corrected chi connectivity index (χ2v) is 5.65. The van der Waals surface area contributed by atoms with Gasteiger partial charge in [0.25, 0.3) is 0 Å². The minimum atomic E-state index is 0.787. The summed E-state index contributed by atoms with van der Waals surface area (Å²) < 4.78 is 0. The van der Waals surface area contributed by atoms with Crippen LogP contribution in [0.1, 0.15) is 23.1 Å². The van der Waals surface area contributed by atoms with E-state index in [-0.39, 0.29) is 0 Å². The molecule has 1 aliphatic rings. The summed E-state index contributed by atoms with van der Waals surface area (Å²) in [6.07, 6.45) is 2.42. The maximum absolute atomic E-state index is 5.89. The van der Waals surface area contributed by atoms with E-state index in [9.17, 15) is 0 Å². The quantitative estimate of drug-likeness (QED) is 0.888. The fraction of sp³-hybridized carbons (Fsp3) is 0.294. The number of hydrogen-bond donors (Lipinski definition) is 2. The number of para-hydroxylation sites is 1. The summed E-state index contributed by atoms with van der Waals surface area (Å²) in [5.41, 5.74) is 5.40. The van der Waals surface area contributed by atoms with Gasteiger partial charge < -0.3 is 10.6 Å². The molecule has 0 bridgehead atoms. The zero-order chi connectivity index (χ0) is 13.8. The predicted octanol–water partition coefficient (Wildman–Crippen LogP) is 3.99. The fourth-order valence-corrected chi connectivity index (χ4v) is 2.80. The van der Waals surface area contributed by atoms with E-state index in [4.69, 9.17) is 11.6 Å². The number of anilines is 1. The summed E-state index contributed by atoms with van der Waals surface area (Å²) in [7, 11) is 0. The summed E-state index contributed by atoms with van der Waals surface area (Å²) in [6, 6.07) is 14.6. The van der Waals surface area contributed by atoms with Crippen LogP contribution in [0.5, 0.6) is 0 Å². The monoisotopic (exact) mass is 286 g/mol. The summed E-state index contributed by atoms with van der Waals surface area (Å²) >= 11 is 5.89. The van der Waals surface area contributed by atoms with E-state index >= 15 is 0 Å². The normalized spacial score (nSPS) is 13.7. The lowest BCUT2D eigenvalue weighted by atomic mass is 9.99. The highest BCUT2D eigenvalue weighted by Crippen LogP contribution is 2.25. The predicted molar refractivity (Wildman–Crippen MR) is 85.2 cm³/mol. The molecule has 0 amide bonds. The topological polar surface area (TPSA) is 24.1 Å². The molecule has 2 nitrogen and oxygen atoms in total. The Labute approximate surface area is 125 Å². The molecular formula is C17H19ClN2. The molecule has 0 radical (unpaired) electrons. The highest BCUT2D eigenvalue weighted by Gasteiger charge is 2.11. The first-order chi connectivity index (χ1) is 9.83. The molecule has 0 aliphatic carbocycles. The first-order valence-electron chi connectivity index (χ1n) is 7.13. The first kappa shape index (κ1) is 13.5. The number of fused-ring (bicyclic) bond motifs is 1. The molecule has 3 heteroatoms. The van der Waals surface area contributed by atoms with Gasteiger partial charge in [-0.05, 0) is 41.7 Å². The Morgan fingerprint density at radius 1 is 1.05 bits per heavy atom. The second kappa shape index (κ2) is 6.29. The Morgan fingerprint density at radius 2 is 1.90 bits per heavy atom. The average molecular weight is 287 g/mol. The number of aryl methyl sites for hydroxylation is 1. The maximum Gasteiger partial charge on any atom is 0.0418 e. The number of benzene rings is 2. The van der Waals surface area contributed by atoms with Crippen molar-refractivity contribution in [3.8, 4) is 0 Å². The van der Waals surface area contributed by atoms with E-state index < -0.39 is 0 Å². The van der Waals surface area contributed by atoms with Crippen molar-refractivity contribution < 1.29 is 0 Å². The Bertz CT molecular complexity index is 578. The number of hydrogen-bond acceptors (Lipinski definition) is 2. The molecule has 0 fully saturated rings. The van der Waals surface area contributed by atoms with Gasteiger partial charge in [-0.3, -0.25) is 0 Å². The third-order valence-corrected chi connectivity index (χ3v) is 3.97. The molecule has 2 N–H and O–H groups in total. The molecule has 20 heavy (non-hydrogen) atoms. The zero-order valence-corrected chi connectivity index (χ0v) is 12.2. The van der Waals surface area contributed by atoms with Crippen LogP contribution in [-0.4, -0.2) is 6.54 Å². The van der Waals surface area contributed by atoms with Crippen molar-refractivity contribution in [1.29, 1.82) is 0 Å². The Kier molecular flexibility index (Phi) is 4.24. The van der Waals surface area contributed by atoms with Crippen LogP contribution in [0.25, 0.3) is 0 Å². The lowest BCUT2D eigenvalue weighted by Crippen LogP contribution is -2.18. The summed E-state index contributed by atoms with van der Waals surface area (Å²) in [5, 5.41) is 7.82. The Morgan fingerprint density at radius 3 is 2.75 bits per heavy atom. The van der Waals surface area contributed by atoms with E-state index in [1.165, 1.54) is 35.2 Å². The van der Waals surface area contributed by atoms with Gasteiger partial charge in [0.05, 0.1) is 0 Å². The molecule has 0 unspecified atom stereocenters. The number of rotatable bonds is 4. The molecule has 0 aromatic heterocycles. The van der Waals surface area contributed by atoms with Crippen LogP contribution in [0.4, 0.5) is 5.69 Å². The van der Waals surface area contributed by atoms with Gasteiger partial charge in [-0.1, -0.05) is 41.9 Å². The van der Waals surface area contributed by atoms with Crippen molar-refractivity contribution >= 4 is 17.3 Å².